The van der Waals surface area contributed by atoms with Crippen LogP contribution in [0.3, 0.4) is 0 Å². The largest absolute Gasteiger partial charge is 0.394 e. The standard InChI is InChI=1S/C42H64O14/c1-18(2)12-20-14-41(8,51)34-24(53-20)15-39(6)26-11-10-21-22(42(26,9)27(44)16-40(34,39)7)13-23(35(50)38(21,4)5)54-37-32(49)30(47)33(25(17-43)55-37)56-36-31(48)29(46)28(45)19(3)52-36/h10,12,19-20,22-26,28-34,36-37,43,45-49,51H,11,13-17H2,1-9H3. The molecule has 0 spiro atoms. The fourth-order valence-electron chi connectivity index (χ4n) is 12.7. The Morgan fingerprint density at radius 1 is 0.857 bits per heavy atom. The molecule has 0 aromatic carbocycles. The van der Waals surface area contributed by atoms with E-state index in [-0.39, 0.29) is 48.5 Å². The molecule has 4 aliphatic carbocycles. The number of rotatable bonds is 6. The number of carbonyl (C=O) groups is 2. The SMILES string of the molecule is CC(C)=CC1CC(C)(O)C2C(CC3(C)C4CC=C5C(CC(OC6OC(CO)C(OC7OC(C)C(O)C(O)C7O)C(O)C6O)C(=O)C5(C)C)C4(C)C(=O)CC23C)O1. The maximum atomic E-state index is 15.0. The summed E-state index contributed by atoms with van der Waals surface area (Å²) < 4.78 is 30.2. The van der Waals surface area contributed by atoms with Gasteiger partial charge in [-0.05, 0) is 83.5 Å². The molecule has 0 amide bonds. The monoisotopic (exact) mass is 792 g/mol. The van der Waals surface area contributed by atoms with Crippen LogP contribution < -0.4 is 0 Å². The van der Waals surface area contributed by atoms with Crippen LogP contribution in [0.25, 0.3) is 0 Å². The molecule has 56 heavy (non-hydrogen) atoms. The first-order valence-electron chi connectivity index (χ1n) is 20.4. The van der Waals surface area contributed by atoms with E-state index in [4.69, 9.17) is 23.7 Å². The van der Waals surface area contributed by atoms with Gasteiger partial charge < -0.3 is 59.4 Å². The van der Waals surface area contributed by atoms with Crippen LogP contribution in [0.1, 0.15) is 94.4 Å². The number of aliphatic hydroxyl groups is 7. The van der Waals surface area contributed by atoms with E-state index in [0.29, 0.717) is 19.3 Å². The minimum Gasteiger partial charge on any atom is -0.394 e. The van der Waals surface area contributed by atoms with Crippen LogP contribution in [-0.4, -0.2) is 139 Å². The molecule has 14 nitrogen and oxygen atoms in total. The molecule has 3 saturated carbocycles. The normalized spacial score (nSPS) is 54.0. The molecular formula is C42H64O14. The molecule has 7 N–H and O–H groups in total. The maximum Gasteiger partial charge on any atom is 0.187 e. The van der Waals surface area contributed by atoms with Crippen LogP contribution in [0, 0.1) is 39.4 Å². The van der Waals surface area contributed by atoms with Crippen molar-refractivity contribution < 1.29 is 69.0 Å². The van der Waals surface area contributed by atoms with Crippen molar-refractivity contribution in [1.29, 1.82) is 0 Å². The number of hydrogen-bond acceptors (Lipinski definition) is 14. The summed E-state index contributed by atoms with van der Waals surface area (Å²) in [5.74, 6) is -0.987. The zero-order chi connectivity index (χ0) is 41.2. The lowest BCUT2D eigenvalue weighted by atomic mass is 9.38. The summed E-state index contributed by atoms with van der Waals surface area (Å²) in [5, 5.41) is 75.9. The minimum absolute atomic E-state index is 0.0774. The Morgan fingerprint density at radius 2 is 1.50 bits per heavy atom. The van der Waals surface area contributed by atoms with Gasteiger partial charge >= 0.3 is 0 Å². The van der Waals surface area contributed by atoms with Crippen LogP contribution in [0.5, 0.6) is 0 Å². The molecular weight excluding hydrogens is 728 g/mol. The summed E-state index contributed by atoms with van der Waals surface area (Å²) in [7, 11) is 0. The number of hydrogen-bond donors (Lipinski definition) is 7. The van der Waals surface area contributed by atoms with E-state index in [1.54, 1.807) is 0 Å². The van der Waals surface area contributed by atoms with Gasteiger partial charge in [0.05, 0.1) is 30.5 Å². The molecule has 14 heteroatoms. The van der Waals surface area contributed by atoms with Crippen molar-refractivity contribution in [2.75, 3.05) is 6.61 Å². The van der Waals surface area contributed by atoms with Crippen molar-refractivity contribution in [2.24, 2.45) is 39.4 Å². The lowest BCUT2D eigenvalue weighted by molar-refractivity contribution is -0.359. The average molecular weight is 793 g/mol. The number of ketones is 2. The van der Waals surface area contributed by atoms with Crippen molar-refractivity contribution in [3.05, 3.63) is 23.3 Å². The van der Waals surface area contributed by atoms with E-state index in [1.165, 1.54) is 6.92 Å². The number of aliphatic hydroxyl groups excluding tert-OH is 6. The highest BCUT2D eigenvalue weighted by Crippen LogP contribution is 2.75. The van der Waals surface area contributed by atoms with Gasteiger partial charge in [-0.2, -0.15) is 0 Å². The molecule has 0 aromatic heterocycles. The highest BCUT2D eigenvalue weighted by molar-refractivity contribution is 5.95. The molecule has 0 radical (unpaired) electrons. The summed E-state index contributed by atoms with van der Waals surface area (Å²) >= 11 is 0. The molecule has 20 atom stereocenters. The fourth-order valence-corrected chi connectivity index (χ4v) is 12.7. The molecule has 0 aromatic rings. The van der Waals surface area contributed by atoms with Gasteiger partial charge in [0, 0.05) is 29.6 Å². The first-order chi connectivity index (χ1) is 25.9. The van der Waals surface area contributed by atoms with Gasteiger partial charge in [0.2, 0.25) is 0 Å². The van der Waals surface area contributed by atoms with Crippen LogP contribution >= 0.6 is 0 Å². The summed E-state index contributed by atoms with van der Waals surface area (Å²) in [6.45, 7) is 16.8. The van der Waals surface area contributed by atoms with Crippen molar-refractivity contribution in [3.63, 3.8) is 0 Å². The third-order valence-electron chi connectivity index (χ3n) is 15.7. The zero-order valence-electron chi connectivity index (χ0n) is 34.1. The molecule has 316 valence electrons. The average Bonchev–Trinajstić information content (AvgIpc) is 3.34. The number of Topliss-reactive ketones (excluding diaryl/α,β-unsaturated/α-hetero) is 2. The Balaban J connectivity index is 1.14. The second-order valence-corrected chi connectivity index (χ2v) is 19.8. The van der Waals surface area contributed by atoms with E-state index >= 15 is 0 Å². The van der Waals surface area contributed by atoms with E-state index in [0.717, 1.165) is 11.1 Å². The molecule has 0 bridgehead atoms. The lowest BCUT2D eigenvalue weighted by Gasteiger charge is -2.65. The minimum atomic E-state index is -1.78. The van der Waals surface area contributed by atoms with Gasteiger partial charge in [0.15, 0.2) is 18.4 Å². The van der Waals surface area contributed by atoms with E-state index in [1.807, 2.05) is 41.5 Å². The van der Waals surface area contributed by atoms with Crippen LogP contribution in [-0.2, 0) is 33.3 Å². The molecule has 20 unspecified atom stereocenters. The number of ether oxygens (including phenoxy) is 5. The second kappa shape index (κ2) is 14.2. The van der Waals surface area contributed by atoms with Gasteiger partial charge in [0.25, 0.3) is 0 Å². The summed E-state index contributed by atoms with van der Waals surface area (Å²) in [6.07, 6.45) is -10.4. The zero-order valence-corrected chi connectivity index (χ0v) is 34.1. The second-order valence-electron chi connectivity index (χ2n) is 19.8. The predicted octanol–water partition coefficient (Wildman–Crippen LogP) is 1.47. The number of fused-ring (bicyclic) bond motifs is 7. The van der Waals surface area contributed by atoms with Gasteiger partial charge in [0.1, 0.15) is 54.6 Å². The fraction of sp³-hybridized carbons (Fsp3) is 0.857. The van der Waals surface area contributed by atoms with Crippen molar-refractivity contribution in [3.8, 4) is 0 Å². The van der Waals surface area contributed by atoms with Crippen molar-refractivity contribution >= 4 is 11.6 Å². The third-order valence-corrected chi connectivity index (χ3v) is 15.7. The first kappa shape index (κ1) is 42.5. The number of allylic oxidation sites excluding steroid dienone is 3. The Bertz CT molecular complexity index is 1620. The Labute approximate surface area is 329 Å². The molecule has 6 fully saturated rings. The lowest BCUT2D eigenvalue weighted by Crippen LogP contribution is -2.66. The first-order valence-corrected chi connectivity index (χ1v) is 20.4. The quantitative estimate of drug-likeness (QED) is 0.190. The van der Waals surface area contributed by atoms with E-state index in [2.05, 4.69) is 26.0 Å². The van der Waals surface area contributed by atoms with Gasteiger partial charge in [-0.1, -0.05) is 44.1 Å². The van der Waals surface area contributed by atoms with E-state index < -0.39 is 107 Å². The smallest absolute Gasteiger partial charge is 0.187 e. The third kappa shape index (κ3) is 6.19. The molecule has 3 aliphatic heterocycles. The molecule has 7 rings (SSSR count). The summed E-state index contributed by atoms with van der Waals surface area (Å²) in [5.41, 5.74) is -1.97. The Hall–Kier alpha value is -1.66. The predicted molar refractivity (Wildman–Crippen MR) is 198 cm³/mol. The van der Waals surface area contributed by atoms with Crippen molar-refractivity contribution in [2.45, 2.75) is 180 Å². The molecule has 3 heterocycles. The topological polar surface area (TPSA) is 222 Å². The maximum absolute atomic E-state index is 15.0. The summed E-state index contributed by atoms with van der Waals surface area (Å²) in [4.78, 5) is 29.3. The van der Waals surface area contributed by atoms with Crippen molar-refractivity contribution in [1.82, 2.24) is 0 Å². The molecule has 3 saturated heterocycles. The van der Waals surface area contributed by atoms with Gasteiger partial charge in [-0.15, -0.1) is 0 Å². The Morgan fingerprint density at radius 3 is 2.14 bits per heavy atom. The summed E-state index contributed by atoms with van der Waals surface area (Å²) in [6, 6.07) is 0. The highest BCUT2D eigenvalue weighted by atomic mass is 16.7. The van der Waals surface area contributed by atoms with Gasteiger partial charge in [-0.25, -0.2) is 0 Å². The molecule has 7 aliphatic rings. The van der Waals surface area contributed by atoms with Crippen LogP contribution in [0.15, 0.2) is 23.3 Å². The van der Waals surface area contributed by atoms with Crippen LogP contribution in [0.4, 0.5) is 0 Å². The number of carbonyl (C=O) groups excluding carboxylic acids is 2. The van der Waals surface area contributed by atoms with Crippen LogP contribution in [0.2, 0.25) is 0 Å². The van der Waals surface area contributed by atoms with E-state index in [9.17, 15) is 45.3 Å². The van der Waals surface area contributed by atoms with Gasteiger partial charge in [-0.3, -0.25) is 9.59 Å². The Kier molecular flexibility index (Phi) is 10.8. The highest BCUT2D eigenvalue weighted by Gasteiger charge is 2.75.